The minimum Gasteiger partial charge on any atom is -0.311 e. The average Bonchev–Trinajstić information content (AvgIpc) is 3.22. The molecule has 10 heteroatoms. The third kappa shape index (κ3) is 4.23. The molecule has 1 aliphatic heterocycles. The van der Waals surface area contributed by atoms with Crippen LogP contribution in [0.3, 0.4) is 0 Å². The maximum atomic E-state index is 13.4. The highest BCUT2D eigenvalue weighted by Gasteiger charge is 2.36. The Hall–Kier alpha value is -3.95. The molecule has 2 heterocycles. The van der Waals surface area contributed by atoms with Crippen LogP contribution in [0.2, 0.25) is 0 Å². The lowest BCUT2D eigenvalue weighted by molar-refractivity contribution is -0.137. The predicted molar refractivity (Wildman–Crippen MR) is 113 cm³/mol. The molecule has 0 aliphatic carbocycles. The first-order valence-electron chi connectivity index (χ1n) is 10.1. The molecule has 0 atom stereocenters. The fourth-order valence-electron chi connectivity index (χ4n) is 3.70. The van der Waals surface area contributed by atoms with E-state index < -0.39 is 29.5 Å². The van der Waals surface area contributed by atoms with Gasteiger partial charge in [0, 0.05) is 19.0 Å². The Morgan fingerprint density at radius 3 is 2.42 bits per heavy atom. The van der Waals surface area contributed by atoms with Crippen LogP contribution in [0.15, 0.2) is 48.5 Å². The van der Waals surface area contributed by atoms with E-state index in [2.05, 4.69) is 10.4 Å². The predicted octanol–water partition coefficient (Wildman–Crippen LogP) is 4.13. The monoisotopic (exact) mass is 456 g/mol. The molecule has 3 aromatic rings. The maximum absolute atomic E-state index is 13.4. The van der Waals surface area contributed by atoms with Gasteiger partial charge in [-0.05, 0) is 38.1 Å². The number of hydrogen-bond donors (Lipinski definition) is 1. The number of carbonyl (C=O) groups is 3. The van der Waals surface area contributed by atoms with Crippen LogP contribution in [0.25, 0.3) is 5.69 Å². The van der Waals surface area contributed by atoms with Crippen molar-refractivity contribution in [2.24, 2.45) is 0 Å². The summed E-state index contributed by atoms with van der Waals surface area (Å²) < 4.78 is 41.3. The van der Waals surface area contributed by atoms with Crippen LogP contribution < -0.4 is 5.32 Å². The number of fused-ring (bicyclic) bond motifs is 1. The maximum Gasteiger partial charge on any atom is 0.418 e. The Kier molecular flexibility index (Phi) is 5.52. The number of aryl methyl sites for hydroxylation is 2. The number of anilines is 1. The molecule has 0 radical (unpaired) electrons. The summed E-state index contributed by atoms with van der Waals surface area (Å²) >= 11 is 0. The van der Waals surface area contributed by atoms with Gasteiger partial charge in [0.05, 0.1) is 28.1 Å². The first kappa shape index (κ1) is 22.3. The van der Waals surface area contributed by atoms with E-state index in [0.717, 1.165) is 21.2 Å². The van der Waals surface area contributed by atoms with E-state index in [-0.39, 0.29) is 35.6 Å². The van der Waals surface area contributed by atoms with Gasteiger partial charge in [-0.15, -0.1) is 0 Å². The SMILES string of the molecule is Cc1ccc2c(c1)C(=O)N(CCC(=O)Nc1cc(C)nn1-c1ccccc1C(F)(F)F)C2=O. The van der Waals surface area contributed by atoms with Gasteiger partial charge < -0.3 is 5.32 Å². The zero-order chi connectivity index (χ0) is 23.9. The number of alkyl halides is 3. The van der Waals surface area contributed by atoms with Gasteiger partial charge in [0.15, 0.2) is 0 Å². The summed E-state index contributed by atoms with van der Waals surface area (Å²) in [7, 11) is 0. The van der Waals surface area contributed by atoms with Crippen molar-refractivity contribution in [3.8, 4) is 5.69 Å². The van der Waals surface area contributed by atoms with Crippen molar-refractivity contribution in [1.29, 1.82) is 0 Å². The van der Waals surface area contributed by atoms with E-state index in [0.29, 0.717) is 5.69 Å². The standard InChI is InChI=1S/C23H19F3N4O3/c1-13-7-8-15-16(11-13)22(33)29(21(15)32)10-9-20(31)27-19-12-14(2)28-30(19)18-6-4-3-5-17(18)23(24,25)26/h3-8,11-12H,9-10H2,1-2H3,(H,27,31). The summed E-state index contributed by atoms with van der Waals surface area (Å²) in [6.07, 6.45) is -4.84. The smallest absolute Gasteiger partial charge is 0.311 e. The van der Waals surface area contributed by atoms with E-state index in [9.17, 15) is 27.6 Å². The van der Waals surface area contributed by atoms with Gasteiger partial charge in [-0.2, -0.15) is 18.3 Å². The number of nitrogens with zero attached hydrogens (tertiary/aromatic N) is 3. The number of benzene rings is 2. The highest BCUT2D eigenvalue weighted by atomic mass is 19.4. The molecule has 170 valence electrons. The van der Waals surface area contributed by atoms with Crippen LogP contribution in [0.4, 0.5) is 19.0 Å². The lowest BCUT2D eigenvalue weighted by Gasteiger charge is -2.16. The van der Waals surface area contributed by atoms with Crippen molar-refractivity contribution in [2.45, 2.75) is 26.4 Å². The molecule has 1 aliphatic rings. The van der Waals surface area contributed by atoms with Gasteiger partial charge >= 0.3 is 6.18 Å². The summed E-state index contributed by atoms with van der Waals surface area (Å²) in [6, 6.07) is 11.3. The number of hydrogen-bond acceptors (Lipinski definition) is 4. The Morgan fingerprint density at radius 2 is 1.70 bits per heavy atom. The third-order valence-electron chi connectivity index (χ3n) is 5.23. The molecule has 0 bridgehead atoms. The summed E-state index contributed by atoms with van der Waals surface area (Å²) in [5.74, 6) is -1.49. The second-order valence-corrected chi connectivity index (χ2v) is 7.71. The van der Waals surface area contributed by atoms with Crippen LogP contribution in [-0.4, -0.2) is 38.9 Å². The van der Waals surface area contributed by atoms with Crippen LogP contribution >= 0.6 is 0 Å². The Balaban J connectivity index is 1.50. The van der Waals surface area contributed by atoms with E-state index in [1.807, 2.05) is 0 Å². The van der Waals surface area contributed by atoms with Gasteiger partial charge in [0.1, 0.15) is 5.82 Å². The molecular formula is C23H19F3N4O3. The second-order valence-electron chi connectivity index (χ2n) is 7.71. The molecule has 0 spiro atoms. The van der Waals surface area contributed by atoms with Gasteiger partial charge in [0.2, 0.25) is 5.91 Å². The van der Waals surface area contributed by atoms with E-state index in [1.165, 1.54) is 24.3 Å². The van der Waals surface area contributed by atoms with Crippen LogP contribution in [-0.2, 0) is 11.0 Å². The van der Waals surface area contributed by atoms with Crippen LogP contribution in [0.1, 0.15) is 44.0 Å². The first-order valence-corrected chi connectivity index (χ1v) is 10.1. The molecule has 0 saturated heterocycles. The van der Waals surface area contributed by atoms with Crippen molar-refractivity contribution in [3.63, 3.8) is 0 Å². The van der Waals surface area contributed by atoms with Gasteiger partial charge in [0.25, 0.3) is 11.8 Å². The number of rotatable bonds is 5. The molecule has 4 rings (SSSR count). The van der Waals surface area contributed by atoms with Gasteiger partial charge in [-0.25, -0.2) is 4.68 Å². The van der Waals surface area contributed by atoms with E-state index >= 15 is 0 Å². The first-order chi connectivity index (χ1) is 15.6. The molecule has 0 unspecified atom stereocenters. The van der Waals surface area contributed by atoms with E-state index in [4.69, 9.17) is 0 Å². The number of halogens is 3. The summed E-state index contributed by atoms with van der Waals surface area (Å²) in [5.41, 5.74) is 0.672. The fraction of sp³-hybridized carbons (Fsp3) is 0.217. The lowest BCUT2D eigenvalue weighted by atomic mass is 10.1. The molecule has 7 nitrogen and oxygen atoms in total. The average molecular weight is 456 g/mol. The Morgan fingerprint density at radius 1 is 1.00 bits per heavy atom. The zero-order valence-corrected chi connectivity index (χ0v) is 17.7. The second kappa shape index (κ2) is 8.19. The number of para-hydroxylation sites is 1. The summed E-state index contributed by atoms with van der Waals surface area (Å²) in [5, 5.41) is 6.63. The molecular weight excluding hydrogens is 437 g/mol. The molecule has 1 aromatic heterocycles. The molecule has 3 amide bonds. The van der Waals surface area contributed by atoms with Crippen molar-refractivity contribution in [2.75, 3.05) is 11.9 Å². The largest absolute Gasteiger partial charge is 0.418 e. The zero-order valence-electron chi connectivity index (χ0n) is 17.7. The molecule has 33 heavy (non-hydrogen) atoms. The number of nitrogens with one attached hydrogen (secondary N) is 1. The molecule has 0 fully saturated rings. The van der Waals surface area contributed by atoms with Crippen molar-refractivity contribution in [3.05, 3.63) is 76.5 Å². The van der Waals surface area contributed by atoms with Crippen molar-refractivity contribution >= 4 is 23.5 Å². The number of imide groups is 1. The Labute approximate surface area is 186 Å². The lowest BCUT2D eigenvalue weighted by Crippen LogP contribution is -2.33. The fourth-order valence-corrected chi connectivity index (χ4v) is 3.70. The number of aromatic nitrogens is 2. The molecule has 2 aromatic carbocycles. The highest BCUT2D eigenvalue weighted by Crippen LogP contribution is 2.34. The topological polar surface area (TPSA) is 84.3 Å². The summed E-state index contributed by atoms with van der Waals surface area (Å²) in [6.45, 7) is 3.23. The van der Waals surface area contributed by atoms with Crippen LogP contribution in [0, 0.1) is 13.8 Å². The molecule has 1 N–H and O–H groups in total. The van der Waals surface area contributed by atoms with Gasteiger partial charge in [-0.3, -0.25) is 19.3 Å². The minimum atomic E-state index is -4.61. The molecule has 0 saturated carbocycles. The third-order valence-corrected chi connectivity index (χ3v) is 5.23. The number of amides is 3. The van der Waals surface area contributed by atoms with Crippen molar-refractivity contribution < 1.29 is 27.6 Å². The van der Waals surface area contributed by atoms with Crippen molar-refractivity contribution in [1.82, 2.24) is 14.7 Å². The van der Waals surface area contributed by atoms with Gasteiger partial charge in [-0.1, -0.05) is 23.8 Å². The number of carbonyl (C=O) groups excluding carboxylic acids is 3. The van der Waals surface area contributed by atoms with E-state index in [1.54, 1.807) is 32.0 Å². The minimum absolute atomic E-state index is 0.0483. The van der Waals surface area contributed by atoms with Crippen LogP contribution in [0.5, 0.6) is 0 Å². The quantitative estimate of drug-likeness (QED) is 0.585. The summed E-state index contributed by atoms with van der Waals surface area (Å²) in [4.78, 5) is 38.6. The highest BCUT2D eigenvalue weighted by molar-refractivity contribution is 6.21. The Bertz CT molecular complexity index is 1280. The normalized spacial score (nSPS) is 13.4.